The van der Waals surface area contributed by atoms with Gasteiger partial charge in [0, 0.05) is 24.2 Å². The zero-order valence-electron chi connectivity index (χ0n) is 12.3. The Morgan fingerprint density at radius 3 is 2.25 bits per heavy atom. The van der Waals surface area contributed by atoms with Gasteiger partial charge in [-0.25, -0.2) is 13.1 Å². The molecule has 0 fully saturated rings. The molecule has 1 aromatic carbocycles. The van der Waals surface area contributed by atoms with Crippen molar-refractivity contribution in [1.29, 1.82) is 0 Å². The fraction of sp³-hybridized carbons (Fsp3) is 0.571. The average Bonchev–Trinajstić information content (AvgIpc) is 2.45. The van der Waals surface area contributed by atoms with Crippen LogP contribution in [-0.2, 0) is 10.0 Å². The Labute approximate surface area is 121 Å². The summed E-state index contributed by atoms with van der Waals surface area (Å²) in [6, 6.07) is 6.61. The lowest BCUT2D eigenvalue weighted by Crippen LogP contribution is -2.29. The van der Waals surface area contributed by atoms with E-state index in [1.807, 2.05) is 13.8 Å². The maximum atomic E-state index is 11.8. The fourth-order valence-corrected chi connectivity index (χ4v) is 2.67. The molecule has 1 atom stereocenters. The van der Waals surface area contributed by atoms with Crippen LogP contribution in [0.4, 0.5) is 5.69 Å². The molecule has 0 bridgehead atoms. The predicted molar refractivity (Wildman–Crippen MR) is 81.3 cm³/mol. The molecule has 0 radical (unpaired) electrons. The van der Waals surface area contributed by atoms with Gasteiger partial charge < -0.3 is 10.4 Å². The van der Waals surface area contributed by atoms with E-state index >= 15 is 0 Å². The number of aliphatic hydroxyl groups excluding tert-OH is 1. The minimum atomic E-state index is -3.40. The van der Waals surface area contributed by atoms with Gasteiger partial charge in [0.2, 0.25) is 10.0 Å². The van der Waals surface area contributed by atoms with Crippen molar-refractivity contribution in [3.63, 3.8) is 0 Å². The van der Waals surface area contributed by atoms with Crippen LogP contribution in [0, 0.1) is 5.41 Å². The van der Waals surface area contributed by atoms with Crippen LogP contribution in [0.3, 0.4) is 0 Å². The van der Waals surface area contributed by atoms with Crippen molar-refractivity contribution < 1.29 is 13.5 Å². The highest BCUT2D eigenvalue weighted by molar-refractivity contribution is 7.89. The summed E-state index contributed by atoms with van der Waals surface area (Å²) in [5.74, 6) is 0. The van der Waals surface area contributed by atoms with E-state index in [-0.39, 0.29) is 16.9 Å². The van der Waals surface area contributed by atoms with Gasteiger partial charge in [-0.15, -0.1) is 0 Å². The predicted octanol–water partition coefficient (Wildman–Crippen LogP) is 1.81. The summed E-state index contributed by atoms with van der Waals surface area (Å²) in [6.07, 6.45) is 0.864. The maximum absolute atomic E-state index is 11.8. The normalized spacial score (nSPS) is 14.8. The molecule has 114 valence electrons. The minimum Gasteiger partial charge on any atom is -0.396 e. The molecule has 1 unspecified atom stereocenters. The highest BCUT2D eigenvalue weighted by Gasteiger charge is 2.20. The smallest absolute Gasteiger partial charge is 0.240 e. The van der Waals surface area contributed by atoms with E-state index in [0.29, 0.717) is 13.1 Å². The molecule has 0 spiro atoms. The third-order valence-electron chi connectivity index (χ3n) is 3.45. The Morgan fingerprint density at radius 2 is 1.80 bits per heavy atom. The molecule has 20 heavy (non-hydrogen) atoms. The van der Waals surface area contributed by atoms with Crippen LogP contribution in [0.1, 0.15) is 27.2 Å². The molecule has 5 nitrogen and oxygen atoms in total. The van der Waals surface area contributed by atoms with E-state index in [4.69, 9.17) is 0 Å². The van der Waals surface area contributed by atoms with E-state index in [1.54, 1.807) is 31.2 Å². The number of anilines is 1. The topological polar surface area (TPSA) is 78.4 Å². The number of aliphatic hydroxyl groups is 1. The second-order valence-electron chi connectivity index (χ2n) is 5.20. The van der Waals surface area contributed by atoms with Gasteiger partial charge in [0.05, 0.1) is 11.5 Å². The molecule has 0 aliphatic heterocycles. The first-order valence-electron chi connectivity index (χ1n) is 6.81. The largest absolute Gasteiger partial charge is 0.396 e. The molecule has 0 saturated carbocycles. The van der Waals surface area contributed by atoms with Gasteiger partial charge in [-0.05, 0) is 30.7 Å². The quantitative estimate of drug-likeness (QED) is 0.684. The summed E-state index contributed by atoms with van der Waals surface area (Å²) in [6.45, 7) is 6.90. The number of rotatable bonds is 8. The molecular formula is C14H24N2O3S. The molecule has 0 amide bonds. The van der Waals surface area contributed by atoms with Crippen LogP contribution in [0.2, 0.25) is 0 Å². The zero-order chi connectivity index (χ0) is 15.2. The molecule has 0 aliphatic carbocycles. The van der Waals surface area contributed by atoms with Crippen molar-refractivity contribution in [3.05, 3.63) is 24.3 Å². The van der Waals surface area contributed by atoms with Gasteiger partial charge in [0.25, 0.3) is 0 Å². The van der Waals surface area contributed by atoms with Crippen LogP contribution in [-0.4, -0.2) is 33.2 Å². The van der Waals surface area contributed by atoms with E-state index < -0.39 is 10.0 Å². The minimum absolute atomic E-state index is 0.114. The Kier molecular flexibility index (Phi) is 5.98. The number of nitrogens with one attached hydrogen (secondary N) is 2. The molecule has 0 heterocycles. The molecule has 1 aromatic rings. The van der Waals surface area contributed by atoms with Crippen molar-refractivity contribution >= 4 is 15.7 Å². The molecule has 3 N–H and O–H groups in total. The summed E-state index contributed by atoms with van der Waals surface area (Å²) in [7, 11) is -3.40. The van der Waals surface area contributed by atoms with Gasteiger partial charge >= 0.3 is 0 Å². The average molecular weight is 300 g/mol. The zero-order valence-corrected chi connectivity index (χ0v) is 13.1. The summed E-state index contributed by atoms with van der Waals surface area (Å²) in [5.41, 5.74) is 0.669. The third kappa shape index (κ3) is 4.47. The second-order valence-corrected chi connectivity index (χ2v) is 6.97. The van der Waals surface area contributed by atoms with E-state index in [9.17, 15) is 13.5 Å². The van der Waals surface area contributed by atoms with Gasteiger partial charge in [0.1, 0.15) is 0 Å². The highest BCUT2D eigenvalue weighted by Crippen LogP contribution is 2.21. The SMILES string of the molecule is CCNS(=O)(=O)c1ccc(NCC(C)(CC)CO)cc1. The number of benzene rings is 1. The Morgan fingerprint density at radius 1 is 1.20 bits per heavy atom. The van der Waals surface area contributed by atoms with Crippen molar-refractivity contribution in [3.8, 4) is 0 Å². The summed E-state index contributed by atoms with van der Waals surface area (Å²) < 4.78 is 26.0. The van der Waals surface area contributed by atoms with Crippen molar-refractivity contribution in [1.82, 2.24) is 4.72 Å². The molecule has 6 heteroatoms. The van der Waals surface area contributed by atoms with Crippen LogP contribution >= 0.6 is 0 Å². The standard InChI is InChI=1S/C14H24N2O3S/c1-4-14(3,11-17)10-15-12-6-8-13(9-7-12)20(18,19)16-5-2/h6-9,15-17H,4-5,10-11H2,1-3H3. The second kappa shape index (κ2) is 7.06. The van der Waals surface area contributed by atoms with Crippen LogP contribution in [0.15, 0.2) is 29.2 Å². The summed E-state index contributed by atoms with van der Waals surface area (Å²) in [4.78, 5) is 0.255. The van der Waals surface area contributed by atoms with Gasteiger partial charge in [0.15, 0.2) is 0 Å². The van der Waals surface area contributed by atoms with Crippen molar-refractivity contribution in [2.24, 2.45) is 5.41 Å². The first-order valence-corrected chi connectivity index (χ1v) is 8.29. The first kappa shape index (κ1) is 16.9. The van der Waals surface area contributed by atoms with E-state index in [0.717, 1.165) is 12.1 Å². The molecular weight excluding hydrogens is 276 g/mol. The van der Waals surface area contributed by atoms with E-state index in [1.165, 1.54) is 0 Å². The Hall–Kier alpha value is -1.11. The monoisotopic (exact) mass is 300 g/mol. The number of hydrogen-bond donors (Lipinski definition) is 3. The third-order valence-corrected chi connectivity index (χ3v) is 5.02. The van der Waals surface area contributed by atoms with Crippen molar-refractivity contribution in [2.45, 2.75) is 32.1 Å². The Bertz CT molecular complexity index is 508. The van der Waals surface area contributed by atoms with Crippen LogP contribution in [0.25, 0.3) is 0 Å². The van der Waals surface area contributed by atoms with Gasteiger partial charge in [-0.2, -0.15) is 0 Å². The highest BCUT2D eigenvalue weighted by atomic mass is 32.2. The lowest BCUT2D eigenvalue weighted by atomic mass is 9.88. The molecule has 0 aromatic heterocycles. The van der Waals surface area contributed by atoms with Gasteiger partial charge in [-0.3, -0.25) is 0 Å². The van der Waals surface area contributed by atoms with E-state index in [2.05, 4.69) is 10.0 Å². The summed E-state index contributed by atoms with van der Waals surface area (Å²) >= 11 is 0. The van der Waals surface area contributed by atoms with Crippen molar-refractivity contribution in [2.75, 3.05) is 25.0 Å². The Balaban J connectivity index is 2.73. The van der Waals surface area contributed by atoms with Gasteiger partial charge in [-0.1, -0.05) is 20.8 Å². The maximum Gasteiger partial charge on any atom is 0.240 e. The van der Waals surface area contributed by atoms with Crippen LogP contribution in [0.5, 0.6) is 0 Å². The number of hydrogen-bond acceptors (Lipinski definition) is 4. The fourth-order valence-electron chi connectivity index (χ4n) is 1.63. The summed E-state index contributed by atoms with van der Waals surface area (Å²) in [5, 5.41) is 12.6. The molecule has 0 aliphatic rings. The first-order chi connectivity index (χ1) is 9.37. The molecule has 0 saturated heterocycles. The lowest BCUT2D eigenvalue weighted by Gasteiger charge is -2.26. The number of sulfonamides is 1. The van der Waals surface area contributed by atoms with Crippen LogP contribution < -0.4 is 10.0 Å². The molecule has 1 rings (SSSR count). The lowest BCUT2D eigenvalue weighted by molar-refractivity contribution is 0.149.